The number of carbonyl (C=O) groups is 2. The zero-order valence-corrected chi connectivity index (χ0v) is 11.8. The third kappa shape index (κ3) is 5.26. The fraction of sp³-hybridized carbons (Fsp3) is 0.500. The number of nitrogens with zero attached hydrogens (tertiary/aromatic N) is 1. The molecule has 0 fully saturated rings. The predicted molar refractivity (Wildman–Crippen MR) is 75.3 cm³/mol. The van der Waals surface area contributed by atoms with Crippen LogP contribution in [0.15, 0.2) is 18.5 Å². The van der Waals surface area contributed by atoms with Gasteiger partial charge in [-0.05, 0) is 30.5 Å². The van der Waals surface area contributed by atoms with Gasteiger partial charge in [0.15, 0.2) is 0 Å². The molecule has 0 saturated carbocycles. The van der Waals surface area contributed by atoms with Gasteiger partial charge in [0.05, 0.1) is 0 Å². The fourth-order valence-electron chi connectivity index (χ4n) is 1.73. The number of nitrogens with one attached hydrogen (secondary N) is 2. The molecule has 0 aromatic carbocycles. The van der Waals surface area contributed by atoms with E-state index in [1.54, 1.807) is 12.4 Å². The molecule has 0 aliphatic heterocycles. The molecule has 20 heavy (non-hydrogen) atoms. The average molecular weight is 279 g/mol. The summed E-state index contributed by atoms with van der Waals surface area (Å²) in [7, 11) is 0. The zero-order chi connectivity index (χ0) is 15.0. The Kier molecular flexibility index (Phi) is 6.49. The summed E-state index contributed by atoms with van der Waals surface area (Å²) in [4.78, 5) is 26.7. The van der Waals surface area contributed by atoms with Crippen LogP contribution in [0.3, 0.4) is 0 Å². The van der Waals surface area contributed by atoms with Crippen LogP contribution in [0.2, 0.25) is 0 Å². The molecule has 3 N–H and O–H groups in total. The van der Waals surface area contributed by atoms with E-state index in [-0.39, 0.29) is 0 Å². The lowest BCUT2D eigenvalue weighted by Crippen LogP contribution is -2.45. The lowest BCUT2D eigenvalue weighted by molar-refractivity contribution is -0.139. The summed E-state index contributed by atoms with van der Waals surface area (Å²) in [6.07, 6.45) is 5.46. The van der Waals surface area contributed by atoms with Gasteiger partial charge in [0.2, 0.25) is 0 Å². The Bertz CT molecular complexity index is 463. The molecule has 6 heteroatoms. The Morgan fingerprint density at radius 3 is 2.80 bits per heavy atom. The average Bonchev–Trinajstić information content (AvgIpc) is 2.42. The van der Waals surface area contributed by atoms with Gasteiger partial charge >= 0.3 is 12.0 Å². The van der Waals surface area contributed by atoms with Crippen LogP contribution in [0.4, 0.5) is 4.79 Å². The van der Waals surface area contributed by atoms with Gasteiger partial charge in [-0.15, -0.1) is 0 Å². The third-order valence-electron chi connectivity index (χ3n) is 3.04. The molecule has 0 saturated heterocycles. The summed E-state index contributed by atoms with van der Waals surface area (Å²) in [5.74, 6) is -1.01. The van der Waals surface area contributed by atoms with Gasteiger partial charge < -0.3 is 15.7 Å². The molecule has 0 spiro atoms. The first-order valence-electron chi connectivity index (χ1n) is 6.71. The Hall–Kier alpha value is -2.11. The lowest BCUT2D eigenvalue weighted by Gasteiger charge is -2.15. The Morgan fingerprint density at radius 2 is 2.20 bits per heavy atom. The van der Waals surface area contributed by atoms with Gasteiger partial charge in [-0.1, -0.05) is 19.8 Å². The van der Waals surface area contributed by atoms with Crippen molar-refractivity contribution in [2.24, 2.45) is 0 Å². The highest BCUT2D eigenvalue weighted by atomic mass is 16.4. The highest BCUT2D eigenvalue weighted by Crippen LogP contribution is 2.04. The van der Waals surface area contributed by atoms with Crippen LogP contribution < -0.4 is 10.6 Å². The smallest absolute Gasteiger partial charge is 0.326 e. The van der Waals surface area contributed by atoms with Crippen molar-refractivity contribution >= 4 is 12.0 Å². The van der Waals surface area contributed by atoms with E-state index in [2.05, 4.69) is 15.6 Å². The number of aromatic nitrogens is 1. The third-order valence-corrected chi connectivity index (χ3v) is 3.04. The minimum Gasteiger partial charge on any atom is -0.480 e. The SMILES string of the molecule is CCCC[C@H](NC(=O)NCc1cnccc1C)C(=O)O. The van der Waals surface area contributed by atoms with Crippen molar-refractivity contribution in [3.05, 3.63) is 29.6 Å². The van der Waals surface area contributed by atoms with Crippen LogP contribution in [0, 0.1) is 6.92 Å². The number of carboxylic acids is 1. The van der Waals surface area contributed by atoms with E-state index in [4.69, 9.17) is 5.11 Å². The highest BCUT2D eigenvalue weighted by molar-refractivity contribution is 5.82. The van der Waals surface area contributed by atoms with Crippen molar-refractivity contribution in [1.29, 1.82) is 0 Å². The molecule has 1 aromatic rings. The van der Waals surface area contributed by atoms with Crippen LogP contribution >= 0.6 is 0 Å². The van der Waals surface area contributed by atoms with E-state index in [1.165, 1.54) is 0 Å². The Labute approximate surface area is 118 Å². The van der Waals surface area contributed by atoms with Crippen molar-refractivity contribution in [1.82, 2.24) is 15.6 Å². The van der Waals surface area contributed by atoms with Gasteiger partial charge in [-0.3, -0.25) is 4.98 Å². The number of aryl methyl sites for hydroxylation is 1. The van der Waals surface area contributed by atoms with Gasteiger partial charge in [-0.25, -0.2) is 9.59 Å². The first kappa shape index (κ1) is 15.9. The van der Waals surface area contributed by atoms with Gasteiger partial charge in [0, 0.05) is 18.9 Å². The summed E-state index contributed by atoms with van der Waals surface area (Å²) in [5, 5.41) is 14.1. The number of carboxylic acid groups (broad SMARTS) is 1. The minimum absolute atomic E-state index is 0.325. The first-order valence-corrected chi connectivity index (χ1v) is 6.71. The van der Waals surface area contributed by atoms with Crippen molar-refractivity contribution in [3.8, 4) is 0 Å². The molecule has 1 atom stereocenters. The van der Waals surface area contributed by atoms with Crippen LogP contribution in [0.1, 0.15) is 37.3 Å². The van der Waals surface area contributed by atoms with Crippen LogP contribution in [0.25, 0.3) is 0 Å². The summed E-state index contributed by atoms with van der Waals surface area (Å²) in [6, 6.07) is 0.539. The molecular weight excluding hydrogens is 258 g/mol. The maximum absolute atomic E-state index is 11.7. The van der Waals surface area contributed by atoms with Gasteiger partial charge in [-0.2, -0.15) is 0 Å². The number of amides is 2. The molecule has 0 aliphatic carbocycles. The standard InChI is InChI=1S/C14H21N3O3/c1-3-4-5-12(13(18)19)17-14(20)16-9-11-8-15-7-6-10(11)2/h6-8,12H,3-5,9H2,1-2H3,(H,18,19)(H2,16,17,20)/t12-/m0/s1. The lowest BCUT2D eigenvalue weighted by atomic mass is 10.1. The molecule has 0 unspecified atom stereocenters. The predicted octanol–water partition coefficient (Wildman–Crippen LogP) is 1.83. The van der Waals surface area contributed by atoms with Crippen LogP contribution in [0.5, 0.6) is 0 Å². The molecule has 1 heterocycles. The molecule has 0 radical (unpaired) electrons. The molecule has 110 valence electrons. The maximum Gasteiger partial charge on any atom is 0.326 e. The number of pyridine rings is 1. The molecule has 0 bridgehead atoms. The second-order valence-corrected chi connectivity index (χ2v) is 4.66. The minimum atomic E-state index is -1.01. The first-order chi connectivity index (χ1) is 9.54. The summed E-state index contributed by atoms with van der Waals surface area (Å²) >= 11 is 0. The van der Waals surface area contributed by atoms with Crippen LogP contribution in [-0.2, 0) is 11.3 Å². The Balaban J connectivity index is 2.46. The molecule has 6 nitrogen and oxygen atoms in total. The van der Waals surface area contributed by atoms with Gasteiger partial charge in [0.1, 0.15) is 6.04 Å². The molecular formula is C14H21N3O3. The van der Waals surface area contributed by atoms with E-state index in [1.807, 2.05) is 19.9 Å². The van der Waals surface area contributed by atoms with E-state index in [0.29, 0.717) is 13.0 Å². The highest BCUT2D eigenvalue weighted by Gasteiger charge is 2.18. The fourth-order valence-corrected chi connectivity index (χ4v) is 1.73. The number of hydrogen-bond acceptors (Lipinski definition) is 3. The monoisotopic (exact) mass is 279 g/mol. The largest absolute Gasteiger partial charge is 0.480 e. The second-order valence-electron chi connectivity index (χ2n) is 4.66. The quantitative estimate of drug-likeness (QED) is 0.710. The normalized spacial score (nSPS) is 11.7. The van der Waals surface area contributed by atoms with E-state index < -0.39 is 18.0 Å². The number of urea groups is 1. The van der Waals surface area contributed by atoms with E-state index in [9.17, 15) is 9.59 Å². The van der Waals surface area contributed by atoms with Crippen LogP contribution in [-0.4, -0.2) is 28.1 Å². The number of hydrogen-bond donors (Lipinski definition) is 3. The van der Waals surface area contributed by atoms with Crippen molar-refractivity contribution in [2.45, 2.75) is 45.7 Å². The van der Waals surface area contributed by atoms with E-state index >= 15 is 0 Å². The zero-order valence-electron chi connectivity index (χ0n) is 11.8. The summed E-state index contributed by atoms with van der Waals surface area (Å²) in [6.45, 7) is 4.23. The Morgan fingerprint density at radius 1 is 1.45 bits per heavy atom. The molecule has 1 aromatic heterocycles. The number of carbonyl (C=O) groups excluding carboxylic acids is 1. The van der Waals surface area contributed by atoms with Crippen molar-refractivity contribution in [2.75, 3.05) is 0 Å². The number of unbranched alkanes of at least 4 members (excludes halogenated alkanes) is 1. The van der Waals surface area contributed by atoms with E-state index in [0.717, 1.165) is 24.0 Å². The number of aliphatic carboxylic acids is 1. The molecule has 2 amide bonds. The van der Waals surface area contributed by atoms with Gasteiger partial charge in [0.25, 0.3) is 0 Å². The van der Waals surface area contributed by atoms with Crippen molar-refractivity contribution < 1.29 is 14.7 Å². The van der Waals surface area contributed by atoms with Crippen molar-refractivity contribution in [3.63, 3.8) is 0 Å². The maximum atomic E-state index is 11.7. The summed E-state index contributed by atoms with van der Waals surface area (Å²) in [5.41, 5.74) is 1.93. The second kappa shape index (κ2) is 8.14. The topological polar surface area (TPSA) is 91.3 Å². The summed E-state index contributed by atoms with van der Waals surface area (Å²) < 4.78 is 0. The number of rotatable bonds is 7. The molecule has 1 rings (SSSR count). The molecule has 0 aliphatic rings.